The van der Waals surface area contributed by atoms with E-state index in [-0.39, 0.29) is 6.61 Å². The number of benzene rings is 1. The first-order valence-electron chi connectivity index (χ1n) is 9.05. The summed E-state index contributed by atoms with van der Waals surface area (Å²) in [6.45, 7) is 7.99. The zero-order valence-electron chi connectivity index (χ0n) is 16.5. The predicted octanol–water partition coefficient (Wildman–Crippen LogP) is 2.90. The first kappa shape index (κ1) is 24.2. The number of nitrogens with zero attached hydrogens (tertiary/aromatic N) is 3. The number of phenols is 1. The summed E-state index contributed by atoms with van der Waals surface area (Å²) in [4.78, 5) is 27.8. The number of aliphatic hydroxyl groups excluding tert-OH is 1. The van der Waals surface area contributed by atoms with Crippen molar-refractivity contribution in [1.29, 1.82) is 0 Å². The Morgan fingerprint density at radius 3 is 1.97 bits per heavy atom. The molecule has 0 spiro atoms. The standard InChI is InChI=1S/C11H23NO.C6H3N3O7/c1-9-4-5-10(12-6-7-13)11(2,3)8-9;10-6-4(8(13)14)1-3(7(11)12)2-5(6)9(15)16/h9-10,12-13H,4-8H2,1-3H3;1-2,10H. The van der Waals surface area contributed by atoms with Gasteiger partial charge in [-0.05, 0) is 30.6 Å². The lowest BCUT2D eigenvalue weighted by atomic mass is 9.69. The van der Waals surface area contributed by atoms with E-state index in [1.54, 1.807) is 0 Å². The van der Waals surface area contributed by atoms with Crippen LogP contribution in [0.2, 0.25) is 0 Å². The maximum absolute atomic E-state index is 10.4. The van der Waals surface area contributed by atoms with E-state index in [9.17, 15) is 30.3 Å². The summed E-state index contributed by atoms with van der Waals surface area (Å²) in [6, 6.07) is 1.49. The third kappa shape index (κ3) is 6.61. The molecule has 1 aromatic rings. The molecule has 1 fully saturated rings. The van der Waals surface area contributed by atoms with Gasteiger partial charge in [-0.3, -0.25) is 30.3 Å². The molecule has 1 saturated carbocycles. The van der Waals surface area contributed by atoms with Crippen LogP contribution in [-0.4, -0.2) is 44.2 Å². The number of aliphatic hydroxyl groups is 1. The van der Waals surface area contributed by atoms with Gasteiger partial charge >= 0.3 is 11.4 Å². The maximum atomic E-state index is 10.4. The van der Waals surface area contributed by atoms with Crippen LogP contribution in [0.5, 0.6) is 5.75 Å². The molecule has 3 N–H and O–H groups in total. The van der Waals surface area contributed by atoms with Crippen LogP contribution in [0, 0.1) is 41.7 Å². The summed E-state index contributed by atoms with van der Waals surface area (Å²) in [5.41, 5.74) is -2.61. The minimum absolute atomic E-state index is 0.252. The van der Waals surface area contributed by atoms with Crippen molar-refractivity contribution in [3.8, 4) is 5.75 Å². The number of nitrogens with one attached hydrogen (secondary N) is 1. The fraction of sp³-hybridized carbons (Fsp3) is 0.647. The van der Waals surface area contributed by atoms with E-state index in [0.29, 0.717) is 23.6 Å². The summed E-state index contributed by atoms with van der Waals surface area (Å²) in [7, 11) is 0. The quantitative estimate of drug-likeness (QED) is 0.465. The molecule has 0 aromatic heterocycles. The van der Waals surface area contributed by atoms with E-state index in [1.165, 1.54) is 19.3 Å². The Labute approximate surface area is 167 Å². The van der Waals surface area contributed by atoms with E-state index in [0.717, 1.165) is 12.5 Å². The van der Waals surface area contributed by atoms with Crippen LogP contribution in [0.3, 0.4) is 0 Å². The molecule has 1 aliphatic carbocycles. The summed E-state index contributed by atoms with van der Waals surface area (Å²) in [5, 5.41) is 52.4. The number of aromatic hydroxyl groups is 1. The molecule has 29 heavy (non-hydrogen) atoms. The van der Waals surface area contributed by atoms with Crippen LogP contribution in [0.4, 0.5) is 17.1 Å². The Morgan fingerprint density at radius 1 is 1.07 bits per heavy atom. The molecular formula is C17H26N4O8. The van der Waals surface area contributed by atoms with Crippen LogP contribution < -0.4 is 5.32 Å². The SMILES string of the molecule is CC1CCC(NCCO)C(C)(C)C1.O=[N+]([O-])c1cc([N+](=O)[O-])c(O)c([N+](=O)[O-])c1. The highest BCUT2D eigenvalue weighted by atomic mass is 16.6. The molecule has 0 aliphatic heterocycles. The molecule has 1 aliphatic rings. The van der Waals surface area contributed by atoms with E-state index in [1.807, 2.05) is 0 Å². The lowest BCUT2D eigenvalue weighted by Gasteiger charge is -2.42. The Balaban J connectivity index is 0.000000296. The average Bonchev–Trinajstić information content (AvgIpc) is 2.60. The third-order valence-corrected chi connectivity index (χ3v) is 4.93. The van der Waals surface area contributed by atoms with Gasteiger partial charge in [0.05, 0.1) is 33.5 Å². The highest BCUT2D eigenvalue weighted by molar-refractivity contribution is 5.64. The minimum Gasteiger partial charge on any atom is -0.497 e. The van der Waals surface area contributed by atoms with Crippen molar-refractivity contribution < 1.29 is 25.0 Å². The number of nitro benzene ring substituents is 3. The molecule has 2 atom stereocenters. The molecule has 12 nitrogen and oxygen atoms in total. The van der Waals surface area contributed by atoms with Gasteiger partial charge in [-0.15, -0.1) is 0 Å². The molecule has 0 radical (unpaired) electrons. The van der Waals surface area contributed by atoms with Gasteiger partial charge in [0.25, 0.3) is 11.4 Å². The van der Waals surface area contributed by atoms with Crippen molar-refractivity contribution in [1.82, 2.24) is 5.32 Å². The molecule has 2 unspecified atom stereocenters. The fourth-order valence-corrected chi connectivity index (χ4v) is 3.57. The van der Waals surface area contributed by atoms with Gasteiger partial charge in [-0.1, -0.05) is 20.8 Å². The van der Waals surface area contributed by atoms with Gasteiger partial charge < -0.3 is 15.5 Å². The minimum atomic E-state index is -1.21. The Morgan fingerprint density at radius 2 is 1.59 bits per heavy atom. The molecule has 0 saturated heterocycles. The monoisotopic (exact) mass is 414 g/mol. The third-order valence-electron chi connectivity index (χ3n) is 4.93. The molecule has 0 bridgehead atoms. The molecule has 162 valence electrons. The number of nitro groups is 3. The Bertz CT molecular complexity index is 731. The van der Waals surface area contributed by atoms with E-state index < -0.39 is 37.6 Å². The van der Waals surface area contributed by atoms with Crippen LogP contribution in [0.25, 0.3) is 0 Å². The largest absolute Gasteiger partial charge is 0.497 e. The van der Waals surface area contributed by atoms with Crippen molar-refractivity contribution in [2.24, 2.45) is 11.3 Å². The first-order chi connectivity index (χ1) is 13.4. The molecule has 1 aromatic carbocycles. The second-order valence-electron chi connectivity index (χ2n) is 7.71. The molecule has 12 heteroatoms. The van der Waals surface area contributed by atoms with Gasteiger partial charge in [0.2, 0.25) is 0 Å². The number of rotatable bonds is 6. The zero-order valence-corrected chi connectivity index (χ0v) is 16.5. The predicted molar refractivity (Wildman–Crippen MR) is 104 cm³/mol. The van der Waals surface area contributed by atoms with E-state index >= 15 is 0 Å². The number of phenolic OH excluding ortho intramolecular Hbond substituents is 1. The van der Waals surface area contributed by atoms with Gasteiger partial charge in [-0.2, -0.15) is 0 Å². The molecule has 0 amide bonds. The zero-order chi connectivity index (χ0) is 22.4. The van der Waals surface area contributed by atoms with E-state index in [4.69, 9.17) is 10.2 Å². The topological polar surface area (TPSA) is 182 Å². The highest BCUT2D eigenvalue weighted by Crippen LogP contribution is 2.39. The van der Waals surface area contributed by atoms with Gasteiger partial charge in [0.1, 0.15) is 0 Å². The lowest BCUT2D eigenvalue weighted by molar-refractivity contribution is -0.404. The average molecular weight is 414 g/mol. The summed E-state index contributed by atoms with van der Waals surface area (Å²) >= 11 is 0. The Hall–Kier alpha value is -2.86. The van der Waals surface area contributed by atoms with Crippen molar-refractivity contribution in [3.63, 3.8) is 0 Å². The van der Waals surface area contributed by atoms with Crippen LogP contribution in [0.1, 0.15) is 40.0 Å². The van der Waals surface area contributed by atoms with Crippen molar-refractivity contribution in [2.45, 2.75) is 46.1 Å². The number of hydrogen-bond donors (Lipinski definition) is 3. The molecular weight excluding hydrogens is 388 g/mol. The number of non-ortho nitro benzene ring substituents is 1. The van der Waals surface area contributed by atoms with E-state index in [2.05, 4.69) is 26.1 Å². The lowest BCUT2D eigenvalue weighted by Crippen LogP contribution is -2.46. The summed E-state index contributed by atoms with van der Waals surface area (Å²) < 4.78 is 0. The summed E-state index contributed by atoms with van der Waals surface area (Å²) in [5.74, 6) is -0.345. The summed E-state index contributed by atoms with van der Waals surface area (Å²) in [6.07, 6.45) is 3.89. The highest BCUT2D eigenvalue weighted by Gasteiger charge is 2.34. The maximum Gasteiger partial charge on any atom is 0.324 e. The Kier molecular flexibility index (Phi) is 8.40. The normalized spacial score (nSPS) is 20.3. The first-order valence-corrected chi connectivity index (χ1v) is 9.05. The van der Waals surface area contributed by atoms with Crippen LogP contribution >= 0.6 is 0 Å². The van der Waals surface area contributed by atoms with Gasteiger partial charge in [0, 0.05) is 12.6 Å². The van der Waals surface area contributed by atoms with Crippen LogP contribution in [0.15, 0.2) is 12.1 Å². The van der Waals surface area contributed by atoms with Crippen molar-refractivity contribution >= 4 is 17.1 Å². The van der Waals surface area contributed by atoms with Gasteiger partial charge in [-0.25, -0.2) is 0 Å². The van der Waals surface area contributed by atoms with Gasteiger partial charge in [0.15, 0.2) is 0 Å². The second kappa shape index (κ2) is 10.1. The van der Waals surface area contributed by atoms with Crippen molar-refractivity contribution in [3.05, 3.63) is 42.5 Å². The number of hydrogen-bond acceptors (Lipinski definition) is 9. The molecule has 2 rings (SSSR count). The van der Waals surface area contributed by atoms with Crippen LogP contribution in [-0.2, 0) is 0 Å². The second-order valence-corrected chi connectivity index (χ2v) is 7.71. The van der Waals surface area contributed by atoms with Crippen molar-refractivity contribution in [2.75, 3.05) is 13.2 Å². The molecule has 0 heterocycles. The smallest absolute Gasteiger partial charge is 0.324 e. The fourth-order valence-electron chi connectivity index (χ4n) is 3.57.